The summed E-state index contributed by atoms with van der Waals surface area (Å²) in [6.45, 7) is 3.59. The summed E-state index contributed by atoms with van der Waals surface area (Å²) in [4.78, 5) is 0. The van der Waals surface area contributed by atoms with Crippen molar-refractivity contribution in [3.63, 3.8) is 0 Å². The van der Waals surface area contributed by atoms with Crippen molar-refractivity contribution in [2.75, 3.05) is 13.2 Å². The van der Waals surface area contributed by atoms with Crippen LogP contribution in [0.2, 0.25) is 0 Å². The first-order chi connectivity index (χ1) is 8.10. The van der Waals surface area contributed by atoms with Gasteiger partial charge in [-0.05, 0) is 13.8 Å². The zero-order valence-corrected chi connectivity index (χ0v) is 10.8. The van der Waals surface area contributed by atoms with Gasteiger partial charge in [-0.3, -0.25) is 4.57 Å². The topological polar surface area (TPSA) is 44.8 Å². The Labute approximate surface area is 100.0 Å². The van der Waals surface area contributed by atoms with E-state index < -0.39 is 19.3 Å². The molecule has 4 nitrogen and oxygen atoms in total. The van der Waals surface area contributed by atoms with E-state index in [1.165, 1.54) is 0 Å². The molecule has 1 saturated heterocycles. The Morgan fingerprint density at radius 1 is 1.47 bits per heavy atom. The Bertz CT molecular complexity index is 394. The van der Waals surface area contributed by atoms with Crippen LogP contribution in [0.3, 0.4) is 0 Å². The van der Waals surface area contributed by atoms with Crippen molar-refractivity contribution in [3.8, 4) is 0 Å². The lowest BCUT2D eigenvalue weighted by Crippen LogP contribution is -2.05. The average Bonchev–Trinajstić information content (AvgIpc) is 2.90. The predicted molar refractivity (Wildman–Crippen MR) is 61.4 cm³/mol. The van der Waals surface area contributed by atoms with E-state index >= 15 is 0 Å². The van der Waals surface area contributed by atoms with Gasteiger partial charge in [0.25, 0.3) is 0 Å². The van der Waals surface area contributed by atoms with Crippen molar-refractivity contribution in [3.05, 3.63) is 23.3 Å². The van der Waals surface area contributed by atoms with Crippen LogP contribution >= 0.6 is 7.60 Å². The summed E-state index contributed by atoms with van der Waals surface area (Å²) in [6, 6.07) is 0. The fourth-order valence-electron chi connectivity index (χ4n) is 2.02. The van der Waals surface area contributed by atoms with E-state index in [2.05, 4.69) is 0 Å². The molecule has 1 fully saturated rings. The summed E-state index contributed by atoms with van der Waals surface area (Å²) in [5.74, 6) is 0. The van der Waals surface area contributed by atoms with Gasteiger partial charge < -0.3 is 13.8 Å². The van der Waals surface area contributed by atoms with Gasteiger partial charge in [-0.1, -0.05) is 12.2 Å². The summed E-state index contributed by atoms with van der Waals surface area (Å²) >= 11 is 0. The monoisotopic (exact) mass is 262 g/mol. The van der Waals surface area contributed by atoms with Gasteiger partial charge in [-0.25, -0.2) is 0 Å². The van der Waals surface area contributed by atoms with Crippen LogP contribution in [-0.4, -0.2) is 25.4 Å². The summed E-state index contributed by atoms with van der Waals surface area (Å²) in [7, 11) is -3.79. The van der Waals surface area contributed by atoms with Crippen molar-refractivity contribution < 1.29 is 22.7 Å². The fraction of sp³-hybridized carbons (Fsp3) is 0.636. The SMILES string of the molecule is CCOP(=O)(OCC)/C(F)=C1/C[C@H]2C=C[C@@H]1O2. The van der Waals surface area contributed by atoms with E-state index in [0.717, 1.165) is 0 Å². The molecule has 2 atom stereocenters. The molecular formula is C11H16FO4P. The Hall–Kier alpha value is -0.480. The summed E-state index contributed by atoms with van der Waals surface area (Å²) in [6.07, 6.45) is 3.57. The van der Waals surface area contributed by atoms with Crippen LogP contribution in [0.15, 0.2) is 23.3 Å². The lowest BCUT2D eigenvalue weighted by atomic mass is 10.0. The standard InChI is InChI=1S/C11H16FO4P/c1-3-14-17(13,15-4-2)11(12)9-7-8-5-6-10(9)16-8/h5-6,8,10H,3-4,7H2,1-2H3/b11-9-/t8-,10+/m1/s1. The second-order valence-corrected chi connectivity index (χ2v) is 5.74. The number of halogens is 1. The molecule has 2 aliphatic heterocycles. The molecule has 0 unspecified atom stereocenters. The second kappa shape index (κ2) is 5.02. The zero-order valence-electron chi connectivity index (χ0n) is 9.89. The third-order valence-electron chi connectivity index (χ3n) is 2.69. The van der Waals surface area contributed by atoms with Crippen molar-refractivity contribution >= 4 is 7.60 Å². The summed E-state index contributed by atoms with van der Waals surface area (Å²) in [5, 5.41) is 0. The summed E-state index contributed by atoms with van der Waals surface area (Å²) in [5.41, 5.74) is -0.388. The minimum Gasteiger partial charge on any atom is -0.362 e. The molecule has 6 heteroatoms. The van der Waals surface area contributed by atoms with Crippen LogP contribution in [0.25, 0.3) is 0 Å². The predicted octanol–water partition coefficient (Wildman–Crippen LogP) is 3.16. The van der Waals surface area contributed by atoms with Crippen LogP contribution in [0.1, 0.15) is 20.3 Å². The van der Waals surface area contributed by atoms with Gasteiger partial charge in [-0.15, -0.1) is 0 Å². The highest BCUT2D eigenvalue weighted by Gasteiger charge is 2.41. The van der Waals surface area contributed by atoms with E-state index in [9.17, 15) is 8.96 Å². The highest BCUT2D eigenvalue weighted by Crippen LogP contribution is 2.59. The number of ether oxygens (including phenoxy) is 1. The minimum atomic E-state index is -3.79. The van der Waals surface area contributed by atoms with Gasteiger partial charge in [0.1, 0.15) is 6.10 Å². The molecule has 0 N–H and O–H groups in total. The van der Waals surface area contributed by atoms with Crippen LogP contribution < -0.4 is 0 Å². The maximum Gasteiger partial charge on any atom is 0.389 e. The molecule has 0 spiro atoms. The van der Waals surface area contributed by atoms with Crippen LogP contribution in [0, 0.1) is 0 Å². The lowest BCUT2D eigenvalue weighted by Gasteiger charge is -2.17. The maximum absolute atomic E-state index is 14.2. The molecule has 2 aliphatic rings. The van der Waals surface area contributed by atoms with E-state index in [1.54, 1.807) is 19.9 Å². The molecule has 0 aromatic rings. The highest BCUT2D eigenvalue weighted by atomic mass is 31.2. The Morgan fingerprint density at radius 3 is 2.53 bits per heavy atom. The molecule has 0 aliphatic carbocycles. The smallest absolute Gasteiger partial charge is 0.362 e. The quantitative estimate of drug-likeness (QED) is 0.564. The number of hydrogen-bond acceptors (Lipinski definition) is 4. The van der Waals surface area contributed by atoms with Gasteiger partial charge in [0.05, 0.1) is 19.3 Å². The van der Waals surface area contributed by atoms with Crippen LogP contribution in [0.5, 0.6) is 0 Å². The molecule has 2 rings (SSSR count). The van der Waals surface area contributed by atoms with E-state index in [4.69, 9.17) is 13.8 Å². The molecule has 0 aromatic carbocycles. The Kier molecular flexibility index (Phi) is 3.83. The lowest BCUT2D eigenvalue weighted by molar-refractivity contribution is 0.127. The maximum atomic E-state index is 14.2. The van der Waals surface area contributed by atoms with Gasteiger partial charge in [0, 0.05) is 12.0 Å². The molecule has 0 aromatic heterocycles. The molecule has 2 heterocycles. The molecular weight excluding hydrogens is 246 g/mol. The Balaban J connectivity index is 2.27. The van der Waals surface area contributed by atoms with Crippen LogP contribution in [0.4, 0.5) is 4.39 Å². The molecule has 0 amide bonds. The fourth-order valence-corrected chi connectivity index (χ4v) is 3.57. The third kappa shape index (κ3) is 2.38. The zero-order chi connectivity index (χ0) is 12.5. The number of fused-ring (bicyclic) bond motifs is 2. The van der Waals surface area contributed by atoms with Crippen molar-refractivity contribution in [1.82, 2.24) is 0 Å². The molecule has 96 valence electrons. The third-order valence-corrected chi connectivity index (χ3v) is 4.65. The minimum absolute atomic E-state index is 0.0996. The van der Waals surface area contributed by atoms with Crippen LogP contribution in [-0.2, 0) is 18.3 Å². The second-order valence-electron chi connectivity index (χ2n) is 3.83. The first-order valence-electron chi connectivity index (χ1n) is 5.72. The van der Waals surface area contributed by atoms with Gasteiger partial charge in [-0.2, -0.15) is 4.39 Å². The van der Waals surface area contributed by atoms with E-state index in [-0.39, 0.29) is 19.3 Å². The normalized spacial score (nSPS) is 30.1. The van der Waals surface area contributed by atoms with Gasteiger partial charge in [0.2, 0.25) is 5.57 Å². The van der Waals surface area contributed by atoms with Crippen molar-refractivity contribution in [2.24, 2.45) is 0 Å². The molecule has 0 radical (unpaired) electrons. The summed E-state index contributed by atoms with van der Waals surface area (Å²) < 4.78 is 41.8. The number of hydrogen-bond donors (Lipinski definition) is 0. The average molecular weight is 262 g/mol. The molecule has 0 saturated carbocycles. The highest BCUT2D eigenvalue weighted by molar-refractivity contribution is 7.58. The molecule has 2 bridgehead atoms. The first kappa shape index (κ1) is 13.0. The molecule has 17 heavy (non-hydrogen) atoms. The largest absolute Gasteiger partial charge is 0.389 e. The van der Waals surface area contributed by atoms with Gasteiger partial charge in [0.15, 0.2) is 0 Å². The number of rotatable bonds is 5. The van der Waals surface area contributed by atoms with Crippen molar-refractivity contribution in [2.45, 2.75) is 32.5 Å². The van der Waals surface area contributed by atoms with Crippen molar-refractivity contribution in [1.29, 1.82) is 0 Å². The first-order valence-corrected chi connectivity index (χ1v) is 7.27. The van der Waals surface area contributed by atoms with E-state index in [0.29, 0.717) is 12.0 Å². The van der Waals surface area contributed by atoms with E-state index in [1.807, 2.05) is 6.08 Å². The Morgan fingerprint density at radius 2 is 2.12 bits per heavy atom. The van der Waals surface area contributed by atoms with Gasteiger partial charge >= 0.3 is 7.60 Å².